The lowest BCUT2D eigenvalue weighted by atomic mass is 10.0. The van der Waals surface area contributed by atoms with Crippen molar-refractivity contribution in [3.8, 4) is 0 Å². The Hall–Kier alpha value is -2.44. The molecule has 3 aromatic rings. The number of halogens is 1. The standard InChI is InChI=1S/C21H19ClN2O3S/c1-14(28-13-17-4-2-10-26-17)21(25)24-19(20-5-3-11-27-20)12-18(23-24)15-6-8-16(22)9-7-15/h2-11,14,19H,12-13H2,1H3/t14-,19-/m1/s1. The summed E-state index contributed by atoms with van der Waals surface area (Å²) in [6, 6.07) is 14.7. The fourth-order valence-corrected chi connectivity index (χ4v) is 4.05. The SMILES string of the molecule is C[C@@H](SCc1ccco1)C(=O)N1N=C(c2ccc(Cl)cc2)C[C@@H]1c1ccco1. The first-order chi connectivity index (χ1) is 13.6. The lowest BCUT2D eigenvalue weighted by Crippen LogP contribution is -2.33. The van der Waals surface area contributed by atoms with E-state index in [2.05, 4.69) is 5.10 Å². The van der Waals surface area contributed by atoms with Gasteiger partial charge in [-0.05, 0) is 48.9 Å². The summed E-state index contributed by atoms with van der Waals surface area (Å²) < 4.78 is 10.9. The molecule has 2 aromatic heterocycles. The Kier molecular flexibility index (Phi) is 5.59. The first-order valence-corrected chi connectivity index (χ1v) is 10.4. The third-order valence-corrected chi connectivity index (χ3v) is 5.99. The van der Waals surface area contributed by atoms with Gasteiger partial charge in [0.15, 0.2) is 0 Å². The highest BCUT2D eigenvalue weighted by atomic mass is 35.5. The second-order valence-corrected chi connectivity index (χ2v) is 8.27. The fourth-order valence-electron chi connectivity index (χ4n) is 3.09. The number of hydrazone groups is 1. The Labute approximate surface area is 172 Å². The minimum atomic E-state index is -0.268. The number of nitrogens with zero attached hydrogens (tertiary/aromatic N) is 2. The number of hydrogen-bond acceptors (Lipinski definition) is 5. The summed E-state index contributed by atoms with van der Waals surface area (Å²) in [5.41, 5.74) is 1.79. The van der Waals surface area contributed by atoms with Crippen LogP contribution in [-0.4, -0.2) is 21.9 Å². The molecule has 0 saturated carbocycles. The van der Waals surface area contributed by atoms with Crippen LogP contribution in [0.15, 0.2) is 75.0 Å². The number of furan rings is 2. The van der Waals surface area contributed by atoms with Gasteiger partial charge in [0.2, 0.25) is 0 Å². The molecule has 4 rings (SSSR count). The van der Waals surface area contributed by atoms with Crippen molar-refractivity contribution in [1.82, 2.24) is 5.01 Å². The molecule has 1 aliphatic rings. The van der Waals surface area contributed by atoms with E-state index in [0.717, 1.165) is 22.8 Å². The highest BCUT2D eigenvalue weighted by Gasteiger charge is 2.36. The van der Waals surface area contributed by atoms with E-state index in [1.165, 1.54) is 11.8 Å². The summed E-state index contributed by atoms with van der Waals surface area (Å²) in [5.74, 6) is 2.15. The van der Waals surface area contributed by atoms with Gasteiger partial charge in [0.1, 0.15) is 17.6 Å². The molecule has 0 unspecified atom stereocenters. The van der Waals surface area contributed by atoms with E-state index in [9.17, 15) is 4.79 Å². The predicted molar refractivity (Wildman–Crippen MR) is 110 cm³/mol. The van der Waals surface area contributed by atoms with E-state index in [4.69, 9.17) is 20.4 Å². The summed E-state index contributed by atoms with van der Waals surface area (Å²) in [6.45, 7) is 1.89. The smallest absolute Gasteiger partial charge is 0.256 e. The van der Waals surface area contributed by atoms with Crippen LogP contribution in [0.1, 0.15) is 36.5 Å². The molecule has 3 heterocycles. The van der Waals surface area contributed by atoms with Crippen LogP contribution in [0.3, 0.4) is 0 Å². The number of thioether (sulfide) groups is 1. The monoisotopic (exact) mass is 414 g/mol. The summed E-state index contributed by atoms with van der Waals surface area (Å²) in [7, 11) is 0. The van der Waals surface area contributed by atoms with Crippen LogP contribution in [-0.2, 0) is 10.5 Å². The molecule has 0 aliphatic carbocycles. The quantitative estimate of drug-likeness (QED) is 0.532. The summed E-state index contributed by atoms with van der Waals surface area (Å²) in [6.07, 6.45) is 3.85. The van der Waals surface area contributed by atoms with E-state index in [1.807, 2.05) is 55.5 Å². The Morgan fingerprint density at radius 1 is 1.21 bits per heavy atom. The van der Waals surface area contributed by atoms with Gasteiger partial charge in [0.25, 0.3) is 5.91 Å². The van der Waals surface area contributed by atoms with Crippen molar-refractivity contribution >= 4 is 35.0 Å². The summed E-state index contributed by atoms with van der Waals surface area (Å²) in [5, 5.41) is 6.61. The normalized spacial score (nSPS) is 17.6. The maximum absolute atomic E-state index is 13.1. The number of rotatable bonds is 6. The molecule has 0 fully saturated rings. The number of hydrogen-bond donors (Lipinski definition) is 0. The van der Waals surface area contributed by atoms with Crippen LogP contribution >= 0.6 is 23.4 Å². The van der Waals surface area contributed by atoms with E-state index < -0.39 is 0 Å². The first kappa shape index (κ1) is 18.9. The van der Waals surface area contributed by atoms with Crippen molar-refractivity contribution in [2.24, 2.45) is 5.10 Å². The first-order valence-electron chi connectivity index (χ1n) is 8.95. The number of amides is 1. The molecule has 0 bridgehead atoms. The topological polar surface area (TPSA) is 59.0 Å². The van der Waals surface area contributed by atoms with Crippen LogP contribution in [0, 0.1) is 0 Å². The van der Waals surface area contributed by atoms with Crippen LogP contribution in [0.25, 0.3) is 0 Å². The second-order valence-electron chi connectivity index (χ2n) is 6.50. The zero-order valence-corrected chi connectivity index (χ0v) is 16.8. The minimum absolute atomic E-state index is 0.0538. The van der Waals surface area contributed by atoms with Gasteiger partial charge in [0.05, 0.1) is 29.2 Å². The van der Waals surface area contributed by atoms with Crippen LogP contribution in [0.2, 0.25) is 5.02 Å². The fraction of sp³-hybridized carbons (Fsp3) is 0.238. The molecule has 1 amide bonds. The van der Waals surface area contributed by atoms with Crippen LogP contribution < -0.4 is 0 Å². The molecule has 0 saturated heterocycles. The zero-order valence-electron chi connectivity index (χ0n) is 15.2. The van der Waals surface area contributed by atoms with Crippen molar-refractivity contribution < 1.29 is 13.6 Å². The molecule has 1 aromatic carbocycles. The van der Waals surface area contributed by atoms with Gasteiger partial charge in [-0.1, -0.05) is 23.7 Å². The Bertz CT molecular complexity index is 952. The second kappa shape index (κ2) is 8.29. The van der Waals surface area contributed by atoms with Gasteiger partial charge in [-0.2, -0.15) is 5.10 Å². The minimum Gasteiger partial charge on any atom is -0.468 e. The molecular weight excluding hydrogens is 396 g/mol. The number of benzene rings is 1. The molecular formula is C21H19ClN2O3S. The molecule has 28 heavy (non-hydrogen) atoms. The molecule has 5 nitrogen and oxygen atoms in total. The van der Waals surface area contributed by atoms with Crippen molar-refractivity contribution in [3.63, 3.8) is 0 Å². The molecule has 2 atom stereocenters. The lowest BCUT2D eigenvalue weighted by molar-refractivity contribution is -0.132. The Morgan fingerprint density at radius 3 is 2.64 bits per heavy atom. The van der Waals surface area contributed by atoms with Gasteiger partial charge in [-0.25, -0.2) is 5.01 Å². The number of carbonyl (C=O) groups is 1. The van der Waals surface area contributed by atoms with Gasteiger partial charge < -0.3 is 8.83 Å². The van der Waals surface area contributed by atoms with E-state index in [1.54, 1.807) is 17.5 Å². The molecule has 7 heteroatoms. The molecule has 1 aliphatic heterocycles. The van der Waals surface area contributed by atoms with E-state index in [-0.39, 0.29) is 17.2 Å². The van der Waals surface area contributed by atoms with Crippen LogP contribution in [0.5, 0.6) is 0 Å². The van der Waals surface area contributed by atoms with Crippen molar-refractivity contribution in [1.29, 1.82) is 0 Å². The average molecular weight is 415 g/mol. The van der Waals surface area contributed by atoms with E-state index >= 15 is 0 Å². The van der Waals surface area contributed by atoms with Crippen molar-refractivity contribution in [2.45, 2.75) is 30.4 Å². The average Bonchev–Trinajstić information content (AvgIpc) is 3.47. The third kappa shape index (κ3) is 4.03. The molecule has 0 radical (unpaired) electrons. The highest BCUT2D eigenvalue weighted by Crippen LogP contribution is 2.35. The maximum Gasteiger partial charge on any atom is 0.256 e. The van der Waals surface area contributed by atoms with Gasteiger partial charge >= 0.3 is 0 Å². The maximum atomic E-state index is 13.1. The van der Waals surface area contributed by atoms with Crippen molar-refractivity contribution in [3.05, 3.63) is 83.2 Å². The van der Waals surface area contributed by atoms with Gasteiger partial charge in [-0.15, -0.1) is 11.8 Å². The van der Waals surface area contributed by atoms with Gasteiger partial charge in [0, 0.05) is 11.4 Å². The molecule has 144 valence electrons. The van der Waals surface area contributed by atoms with Gasteiger partial charge in [-0.3, -0.25) is 4.79 Å². The van der Waals surface area contributed by atoms with Crippen LogP contribution in [0.4, 0.5) is 0 Å². The predicted octanol–water partition coefficient (Wildman–Crippen LogP) is 5.53. The largest absolute Gasteiger partial charge is 0.468 e. The number of carbonyl (C=O) groups excluding carboxylic acids is 1. The Morgan fingerprint density at radius 2 is 1.96 bits per heavy atom. The summed E-state index contributed by atoms with van der Waals surface area (Å²) >= 11 is 7.52. The Balaban J connectivity index is 1.55. The lowest BCUT2D eigenvalue weighted by Gasteiger charge is -2.22. The summed E-state index contributed by atoms with van der Waals surface area (Å²) in [4.78, 5) is 13.1. The zero-order chi connectivity index (χ0) is 19.5. The van der Waals surface area contributed by atoms with E-state index in [0.29, 0.717) is 17.2 Å². The molecule has 0 spiro atoms. The highest BCUT2D eigenvalue weighted by molar-refractivity contribution is 7.99. The molecule has 0 N–H and O–H groups in total. The van der Waals surface area contributed by atoms with Crippen molar-refractivity contribution in [2.75, 3.05) is 0 Å². The third-order valence-electron chi connectivity index (χ3n) is 4.59.